The first-order valence-corrected chi connectivity index (χ1v) is 5.30. The Kier molecular flexibility index (Phi) is 2.95. The fourth-order valence-corrected chi connectivity index (χ4v) is 1.63. The Labute approximate surface area is 98.9 Å². The number of aryl methyl sites for hydroxylation is 2. The van der Waals surface area contributed by atoms with Gasteiger partial charge in [-0.2, -0.15) is 0 Å². The minimum atomic E-state index is -0.911. The van der Waals surface area contributed by atoms with E-state index >= 15 is 0 Å². The Morgan fingerprint density at radius 2 is 2.18 bits per heavy atom. The van der Waals surface area contributed by atoms with Gasteiger partial charge in [0.25, 0.3) is 0 Å². The average Bonchev–Trinajstić information content (AvgIpc) is 2.69. The smallest absolute Gasteiger partial charge is 0.309 e. The van der Waals surface area contributed by atoms with Gasteiger partial charge >= 0.3 is 5.97 Å². The molecule has 0 aliphatic heterocycles. The molecule has 0 spiro atoms. The Morgan fingerprint density at radius 3 is 2.88 bits per heavy atom. The zero-order valence-electron chi connectivity index (χ0n) is 9.73. The van der Waals surface area contributed by atoms with Gasteiger partial charge in [0.2, 0.25) is 5.89 Å². The molecule has 2 rings (SSSR count). The number of benzene rings is 1. The summed E-state index contributed by atoms with van der Waals surface area (Å²) in [6, 6.07) is 5.98. The molecule has 0 unspecified atom stereocenters. The van der Waals surface area contributed by atoms with E-state index in [0.717, 1.165) is 16.7 Å². The van der Waals surface area contributed by atoms with Gasteiger partial charge in [0.15, 0.2) is 0 Å². The largest absolute Gasteiger partial charge is 0.481 e. The highest BCUT2D eigenvalue weighted by Crippen LogP contribution is 2.23. The molecule has 0 aliphatic rings. The SMILES string of the molecule is Cc1ccc(C)c(-c2nc(CC(=O)O)co2)c1. The lowest BCUT2D eigenvalue weighted by molar-refractivity contribution is -0.136. The van der Waals surface area contributed by atoms with Crippen LogP contribution in [0.1, 0.15) is 16.8 Å². The Morgan fingerprint density at radius 1 is 1.41 bits per heavy atom. The lowest BCUT2D eigenvalue weighted by atomic mass is 10.1. The molecule has 1 heterocycles. The van der Waals surface area contributed by atoms with Crippen LogP contribution < -0.4 is 0 Å². The van der Waals surface area contributed by atoms with E-state index in [0.29, 0.717) is 11.6 Å². The summed E-state index contributed by atoms with van der Waals surface area (Å²) in [6.07, 6.45) is 1.28. The number of aromatic nitrogens is 1. The predicted molar refractivity (Wildman–Crippen MR) is 62.8 cm³/mol. The van der Waals surface area contributed by atoms with Crippen LogP contribution in [0.2, 0.25) is 0 Å². The second kappa shape index (κ2) is 4.41. The monoisotopic (exact) mass is 231 g/mol. The molecule has 0 saturated carbocycles. The van der Waals surface area contributed by atoms with Crippen LogP contribution >= 0.6 is 0 Å². The normalized spacial score (nSPS) is 10.5. The van der Waals surface area contributed by atoms with Gasteiger partial charge in [0, 0.05) is 5.56 Å². The van der Waals surface area contributed by atoms with Crippen molar-refractivity contribution < 1.29 is 14.3 Å². The first-order valence-electron chi connectivity index (χ1n) is 5.30. The molecule has 4 heteroatoms. The summed E-state index contributed by atoms with van der Waals surface area (Å²) in [6.45, 7) is 3.96. The maximum absolute atomic E-state index is 10.6. The summed E-state index contributed by atoms with van der Waals surface area (Å²) >= 11 is 0. The van der Waals surface area contributed by atoms with E-state index in [2.05, 4.69) is 4.98 Å². The molecule has 1 N–H and O–H groups in total. The lowest BCUT2D eigenvalue weighted by Crippen LogP contribution is -1.99. The second-order valence-electron chi connectivity index (χ2n) is 4.03. The van der Waals surface area contributed by atoms with Gasteiger partial charge in [-0.25, -0.2) is 4.98 Å². The summed E-state index contributed by atoms with van der Waals surface area (Å²) in [4.78, 5) is 14.7. The first-order chi connectivity index (χ1) is 8.06. The molecular formula is C13H13NO3. The van der Waals surface area contributed by atoms with Gasteiger partial charge < -0.3 is 9.52 Å². The van der Waals surface area contributed by atoms with Crippen LogP contribution in [-0.2, 0) is 11.2 Å². The Bertz CT molecular complexity index is 558. The third-order valence-electron chi connectivity index (χ3n) is 2.51. The number of oxazole rings is 1. The second-order valence-corrected chi connectivity index (χ2v) is 4.03. The van der Waals surface area contributed by atoms with Gasteiger partial charge in [0.1, 0.15) is 6.26 Å². The standard InChI is InChI=1S/C13H13NO3/c1-8-3-4-9(2)11(5-8)13-14-10(7-17-13)6-12(15)16/h3-5,7H,6H2,1-2H3,(H,15,16). The van der Waals surface area contributed by atoms with Crippen LogP contribution in [0.15, 0.2) is 28.9 Å². The molecule has 1 aromatic carbocycles. The summed E-state index contributed by atoms with van der Waals surface area (Å²) in [7, 11) is 0. The maximum atomic E-state index is 10.6. The van der Waals surface area contributed by atoms with E-state index in [1.807, 2.05) is 32.0 Å². The van der Waals surface area contributed by atoms with Gasteiger partial charge in [-0.1, -0.05) is 17.7 Å². The van der Waals surface area contributed by atoms with Gasteiger partial charge in [-0.15, -0.1) is 0 Å². The molecule has 0 amide bonds. The van der Waals surface area contributed by atoms with E-state index < -0.39 is 5.97 Å². The van der Waals surface area contributed by atoms with Crippen molar-refractivity contribution in [3.05, 3.63) is 41.3 Å². The number of carbonyl (C=O) groups is 1. The Hall–Kier alpha value is -2.10. The molecule has 1 aromatic heterocycles. The first kappa shape index (κ1) is 11.4. The quantitative estimate of drug-likeness (QED) is 0.881. The van der Waals surface area contributed by atoms with E-state index in [1.165, 1.54) is 6.26 Å². The zero-order chi connectivity index (χ0) is 12.4. The molecule has 88 valence electrons. The van der Waals surface area contributed by atoms with Crippen LogP contribution in [0.4, 0.5) is 0 Å². The molecule has 0 aliphatic carbocycles. The number of carboxylic acids is 1. The third-order valence-corrected chi connectivity index (χ3v) is 2.51. The highest BCUT2D eigenvalue weighted by molar-refractivity contribution is 5.70. The highest BCUT2D eigenvalue weighted by atomic mass is 16.4. The Balaban J connectivity index is 2.36. The van der Waals surface area contributed by atoms with Crippen molar-refractivity contribution >= 4 is 5.97 Å². The average molecular weight is 231 g/mol. The molecule has 17 heavy (non-hydrogen) atoms. The van der Waals surface area contributed by atoms with Crippen molar-refractivity contribution in [2.24, 2.45) is 0 Å². The molecule has 2 aromatic rings. The minimum Gasteiger partial charge on any atom is -0.481 e. The molecule has 0 radical (unpaired) electrons. The van der Waals surface area contributed by atoms with Crippen LogP contribution in [0, 0.1) is 13.8 Å². The van der Waals surface area contributed by atoms with Crippen LogP contribution in [0.5, 0.6) is 0 Å². The van der Waals surface area contributed by atoms with Crippen molar-refractivity contribution in [3.63, 3.8) is 0 Å². The molecule has 0 fully saturated rings. The fourth-order valence-electron chi connectivity index (χ4n) is 1.63. The summed E-state index contributed by atoms with van der Waals surface area (Å²) in [5.41, 5.74) is 3.51. The van der Waals surface area contributed by atoms with Crippen molar-refractivity contribution in [2.75, 3.05) is 0 Å². The fraction of sp³-hybridized carbons (Fsp3) is 0.231. The number of hydrogen-bond acceptors (Lipinski definition) is 3. The predicted octanol–water partition coefficient (Wildman–Crippen LogP) is 2.59. The molecule has 4 nitrogen and oxygen atoms in total. The summed E-state index contributed by atoms with van der Waals surface area (Å²) < 4.78 is 5.31. The van der Waals surface area contributed by atoms with Crippen LogP contribution in [0.3, 0.4) is 0 Å². The van der Waals surface area contributed by atoms with Crippen molar-refractivity contribution in [1.82, 2.24) is 4.98 Å². The van der Waals surface area contributed by atoms with Crippen molar-refractivity contribution in [2.45, 2.75) is 20.3 Å². The number of carboxylic acid groups (broad SMARTS) is 1. The highest BCUT2D eigenvalue weighted by Gasteiger charge is 2.11. The molecule has 0 bridgehead atoms. The van der Waals surface area contributed by atoms with E-state index in [4.69, 9.17) is 9.52 Å². The van der Waals surface area contributed by atoms with Crippen LogP contribution in [-0.4, -0.2) is 16.1 Å². The van der Waals surface area contributed by atoms with E-state index in [1.54, 1.807) is 0 Å². The van der Waals surface area contributed by atoms with Crippen molar-refractivity contribution in [3.8, 4) is 11.5 Å². The molecular weight excluding hydrogens is 218 g/mol. The minimum absolute atomic E-state index is 0.117. The van der Waals surface area contributed by atoms with Gasteiger partial charge in [-0.3, -0.25) is 4.79 Å². The number of hydrogen-bond donors (Lipinski definition) is 1. The van der Waals surface area contributed by atoms with E-state index in [-0.39, 0.29) is 6.42 Å². The molecule has 0 saturated heterocycles. The van der Waals surface area contributed by atoms with Gasteiger partial charge in [-0.05, 0) is 25.5 Å². The molecule has 0 atom stereocenters. The summed E-state index contributed by atoms with van der Waals surface area (Å²) in [5.74, 6) is -0.437. The maximum Gasteiger partial charge on any atom is 0.309 e. The topological polar surface area (TPSA) is 63.3 Å². The van der Waals surface area contributed by atoms with E-state index in [9.17, 15) is 4.79 Å². The number of nitrogens with zero attached hydrogens (tertiary/aromatic N) is 1. The van der Waals surface area contributed by atoms with Crippen LogP contribution in [0.25, 0.3) is 11.5 Å². The zero-order valence-corrected chi connectivity index (χ0v) is 9.73. The lowest BCUT2D eigenvalue weighted by Gasteiger charge is -2.02. The summed E-state index contributed by atoms with van der Waals surface area (Å²) in [5, 5.41) is 8.66. The number of aliphatic carboxylic acids is 1. The third kappa shape index (κ3) is 2.53. The van der Waals surface area contributed by atoms with Crippen molar-refractivity contribution in [1.29, 1.82) is 0 Å². The van der Waals surface area contributed by atoms with Gasteiger partial charge in [0.05, 0.1) is 12.1 Å². The number of rotatable bonds is 3.